The summed E-state index contributed by atoms with van der Waals surface area (Å²) >= 11 is 0. The molecule has 1 atom stereocenters. The number of carbonyl (C=O) groups is 1. The van der Waals surface area contributed by atoms with Gasteiger partial charge in [0.05, 0.1) is 6.54 Å². The van der Waals surface area contributed by atoms with Gasteiger partial charge in [-0.1, -0.05) is 0 Å². The highest BCUT2D eigenvalue weighted by Crippen LogP contribution is 2.11. The lowest BCUT2D eigenvalue weighted by molar-refractivity contribution is 0.152. The van der Waals surface area contributed by atoms with E-state index >= 15 is 0 Å². The molecule has 0 aromatic rings. The van der Waals surface area contributed by atoms with Gasteiger partial charge in [-0.15, -0.1) is 12.4 Å². The molecule has 0 unspecified atom stereocenters. The Balaban J connectivity index is 0.000000810. The maximum Gasteiger partial charge on any atom is 0.407 e. The lowest BCUT2D eigenvalue weighted by Gasteiger charge is -2.07. The van der Waals surface area contributed by atoms with Gasteiger partial charge in [0.15, 0.2) is 0 Å². The van der Waals surface area contributed by atoms with Gasteiger partial charge in [-0.3, -0.25) is 0 Å². The first kappa shape index (κ1) is 9.49. The molecular formula is C5H9ClFNO2. The highest BCUT2D eigenvalue weighted by molar-refractivity contribution is 5.85. The first-order valence-corrected chi connectivity index (χ1v) is 2.82. The Morgan fingerprint density at radius 1 is 1.70 bits per heavy atom. The number of alkyl halides is 1. The normalized spacial score (nSPS) is 24.1. The predicted octanol–water partition coefficient (Wildman–Crippen LogP) is 1.13. The highest BCUT2D eigenvalue weighted by Gasteiger charge is 2.24. The van der Waals surface area contributed by atoms with Crippen LogP contribution in [0, 0.1) is 0 Å². The third-order valence-corrected chi connectivity index (χ3v) is 1.40. The molecule has 1 amide bonds. The minimum absolute atomic E-state index is 0. The van der Waals surface area contributed by atoms with Crippen LogP contribution in [0.1, 0.15) is 6.42 Å². The topological polar surface area (TPSA) is 40.5 Å². The number of amides is 1. The summed E-state index contributed by atoms with van der Waals surface area (Å²) in [6.45, 7) is 0.395. The molecular weight excluding hydrogens is 161 g/mol. The molecule has 1 fully saturated rings. The molecule has 0 aliphatic carbocycles. The molecule has 0 aromatic heterocycles. The fourth-order valence-corrected chi connectivity index (χ4v) is 0.891. The van der Waals surface area contributed by atoms with Gasteiger partial charge in [-0.2, -0.15) is 0 Å². The Morgan fingerprint density at radius 2 is 2.30 bits per heavy atom. The first-order chi connectivity index (χ1) is 4.20. The zero-order valence-electron chi connectivity index (χ0n) is 5.29. The van der Waals surface area contributed by atoms with Gasteiger partial charge in [-0.05, 0) is 6.42 Å². The summed E-state index contributed by atoms with van der Waals surface area (Å²) in [4.78, 5) is 11.2. The Bertz CT molecular complexity index is 133. The van der Waals surface area contributed by atoms with Crippen LogP contribution >= 0.6 is 12.4 Å². The number of likely N-dealkylation sites (tertiary alicyclic amines) is 1. The SMILES string of the molecule is Cl.O=C(O)N1CC[C@H](F)C1. The van der Waals surface area contributed by atoms with E-state index < -0.39 is 12.3 Å². The van der Waals surface area contributed by atoms with E-state index in [1.807, 2.05) is 0 Å². The number of hydrogen-bond acceptors (Lipinski definition) is 1. The Kier molecular flexibility index (Phi) is 3.42. The van der Waals surface area contributed by atoms with Gasteiger partial charge >= 0.3 is 6.09 Å². The molecule has 5 heteroatoms. The zero-order valence-corrected chi connectivity index (χ0v) is 6.10. The van der Waals surface area contributed by atoms with Gasteiger partial charge in [0.25, 0.3) is 0 Å². The molecule has 1 aliphatic rings. The van der Waals surface area contributed by atoms with Crippen molar-refractivity contribution in [1.82, 2.24) is 4.90 Å². The van der Waals surface area contributed by atoms with E-state index in [-0.39, 0.29) is 19.0 Å². The maximum atomic E-state index is 12.2. The molecule has 1 saturated heterocycles. The van der Waals surface area contributed by atoms with E-state index in [9.17, 15) is 9.18 Å². The summed E-state index contributed by atoms with van der Waals surface area (Å²) in [5.74, 6) is 0. The van der Waals surface area contributed by atoms with Gasteiger partial charge in [0.2, 0.25) is 0 Å². The van der Waals surface area contributed by atoms with Crippen molar-refractivity contribution in [3.8, 4) is 0 Å². The van der Waals surface area contributed by atoms with Gasteiger partial charge in [-0.25, -0.2) is 9.18 Å². The molecule has 60 valence electrons. The van der Waals surface area contributed by atoms with Gasteiger partial charge < -0.3 is 10.0 Å². The Morgan fingerprint density at radius 3 is 2.50 bits per heavy atom. The average molecular weight is 170 g/mol. The van der Waals surface area contributed by atoms with Crippen molar-refractivity contribution in [1.29, 1.82) is 0 Å². The number of carboxylic acid groups (broad SMARTS) is 1. The van der Waals surface area contributed by atoms with Crippen molar-refractivity contribution in [3.63, 3.8) is 0 Å². The molecule has 3 nitrogen and oxygen atoms in total. The van der Waals surface area contributed by atoms with Gasteiger partial charge in [0, 0.05) is 6.54 Å². The van der Waals surface area contributed by atoms with Crippen LogP contribution in [-0.2, 0) is 0 Å². The lowest BCUT2D eigenvalue weighted by Crippen LogP contribution is -2.26. The summed E-state index contributed by atoms with van der Waals surface area (Å²) in [6.07, 6.45) is -1.61. The van der Waals surface area contributed by atoms with Crippen LogP contribution < -0.4 is 0 Å². The molecule has 10 heavy (non-hydrogen) atoms. The van der Waals surface area contributed by atoms with Crippen molar-refractivity contribution in [2.75, 3.05) is 13.1 Å². The molecule has 0 bridgehead atoms. The summed E-state index contributed by atoms with van der Waals surface area (Å²) in [5.41, 5.74) is 0. The number of hydrogen-bond donors (Lipinski definition) is 1. The molecule has 1 aliphatic heterocycles. The minimum atomic E-state index is -1.02. The molecule has 0 aromatic carbocycles. The predicted molar refractivity (Wildman–Crippen MR) is 36.4 cm³/mol. The highest BCUT2D eigenvalue weighted by atomic mass is 35.5. The number of halogens is 2. The van der Waals surface area contributed by atoms with E-state index in [1.54, 1.807) is 0 Å². The monoisotopic (exact) mass is 169 g/mol. The average Bonchev–Trinajstić information content (AvgIpc) is 2.14. The quantitative estimate of drug-likeness (QED) is 0.591. The van der Waals surface area contributed by atoms with E-state index in [4.69, 9.17) is 5.11 Å². The standard InChI is InChI=1S/C5H8FNO2.ClH/c6-4-1-2-7(3-4)5(8)9;/h4H,1-3H2,(H,8,9);1H/t4-;/m0./s1. The second-order valence-corrected chi connectivity index (χ2v) is 2.11. The smallest absolute Gasteiger partial charge is 0.407 e. The van der Waals surface area contributed by atoms with E-state index in [0.717, 1.165) is 4.90 Å². The minimum Gasteiger partial charge on any atom is -0.465 e. The van der Waals surface area contributed by atoms with Crippen LogP contribution in [-0.4, -0.2) is 35.4 Å². The molecule has 0 radical (unpaired) electrons. The second kappa shape index (κ2) is 3.61. The molecule has 0 saturated carbocycles. The van der Waals surface area contributed by atoms with Crippen LogP contribution in [0.25, 0.3) is 0 Å². The Labute approximate surface area is 64.2 Å². The summed E-state index contributed by atoms with van der Waals surface area (Å²) in [7, 11) is 0. The summed E-state index contributed by atoms with van der Waals surface area (Å²) in [5, 5.41) is 8.29. The zero-order chi connectivity index (χ0) is 6.85. The van der Waals surface area contributed by atoms with Gasteiger partial charge in [0.1, 0.15) is 6.17 Å². The maximum absolute atomic E-state index is 12.2. The van der Waals surface area contributed by atoms with Crippen LogP contribution in [0.3, 0.4) is 0 Å². The fraction of sp³-hybridized carbons (Fsp3) is 0.800. The van der Waals surface area contributed by atoms with Crippen LogP contribution in [0.15, 0.2) is 0 Å². The molecule has 1 rings (SSSR count). The number of rotatable bonds is 0. The van der Waals surface area contributed by atoms with E-state index in [0.29, 0.717) is 13.0 Å². The summed E-state index contributed by atoms with van der Waals surface area (Å²) < 4.78 is 12.2. The summed E-state index contributed by atoms with van der Waals surface area (Å²) in [6, 6.07) is 0. The first-order valence-electron chi connectivity index (χ1n) is 2.82. The molecule has 1 heterocycles. The largest absolute Gasteiger partial charge is 0.465 e. The van der Waals surface area contributed by atoms with Crippen LogP contribution in [0.5, 0.6) is 0 Å². The van der Waals surface area contributed by atoms with Crippen molar-refractivity contribution in [3.05, 3.63) is 0 Å². The number of nitrogens with zero attached hydrogens (tertiary/aromatic N) is 1. The Hall–Kier alpha value is -0.510. The second-order valence-electron chi connectivity index (χ2n) is 2.11. The van der Waals surface area contributed by atoms with Crippen LogP contribution in [0.2, 0.25) is 0 Å². The molecule has 0 spiro atoms. The molecule has 1 N–H and O–H groups in total. The van der Waals surface area contributed by atoms with Crippen LogP contribution in [0.4, 0.5) is 9.18 Å². The van der Waals surface area contributed by atoms with Crippen molar-refractivity contribution in [2.24, 2.45) is 0 Å². The lowest BCUT2D eigenvalue weighted by atomic mass is 10.3. The fourth-order valence-electron chi connectivity index (χ4n) is 0.891. The third kappa shape index (κ3) is 2.02. The van der Waals surface area contributed by atoms with E-state index in [1.165, 1.54) is 0 Å². The van der Waals surface area contributed by atoms with Crippen molar-refractivity contribution < 1.29 is 14.3 Å². The van der Waals surface area contributed by atoms with E-state index in [2.05, 4.69) is 0 Å². The third-order valence-electron chi connectivity index (χ3n) is 1.40. The van der Waals surface area contributed by atoms with Crippen molar-refractivity contribution in [2.45, 2.75) is 12.6 Å². The van der Waals surface area contributed by atoms with Crippen molar-refractivity contribution >= 4 is 18.5 Å².